The number of hydrogen-bond donors (Lipinski definition) is 1. The minimum absolute atomic E-state index is 0.176. The first kappa shape index (κ1) is 25.9. The van der Waals surface area contributed by atoms with Crippen molar-refractivity contribution in [1.82, 2.24) is 0 Å². The number of carbonyl (C=O) groups excluding carboxylic acids is 2. The Morgan fingerprint density at radius 2 is 1.89 bits per heavy atom. The van der Waals surface area contributed by atoms with Crippen molar-refractivity contribution in [3.63, 3.8) is 0 Å². The van der Waals surface area contributed by atoms with Crippen molar-refractivity contribution >= 4 is 73.5 Å². The third kappa shape index (κ3) is 5.80. The minimum atomic E-state index is -0.297. The molecule has 1 aliphatic rings. The number of carbonyl (C=O) groups is 2. The van der Waals surface area contributed by atoms with Gasteiger partial charge in [-0.3, -0.25) is 14.5 Å². The van der Waals surface area contributed by atoms with E-state index < -0.39 is 0 Å². The Morgan fingerprint density at radius 3 is 2.58 bits per heavy atom. The maximum Gasteiger partial charge on any atom is 0.270 e. The largest absolute Gasteiger partial charge is 0.493 e. The van der Waals surface area contributed by atoms with Gasteiger partial charge in [0.15, 0.2) is 22.4 Å². The highest BCUT2D eigenvalue weighted by Crippen LogP contribution is 2.40. The Labute approximate surface area is 227 Å². The van der Waals surface area contributed by atoms with E-state index in [2.05, 4.69) is 21.2 Å². The summed E-state index contributed by atoms with van der Waals surface area (Å²) in [5.74, 6) is 0.341. The molecule has 6 nitrogen and oxygen atoms in total. The van der Waals surface area contributed by atoms with Gasteiger partial charge in [-0.05, 0) is 77.3 Å². The van der Waals surface area contributed by atoms with Crippen LogP contribution in [0.3, 0.4) is 0 Å². The van der Waals surface area contributed by atoms with E-state index in [1.807, 2.05) is 50.2 Å². The van der Waals surface area contributed by atoms with Crippen LogP contribution >= 0.6 is 39.9 Å². The van der Waals surface area contributed by atoms with Crippen LogP contribution in [-0.4, -0.2) is 29.9 Å². The molecular weight excluding hydrogens is 560 g/mol. The second-order valence-corrected chi connectivity index (χ2v) is 10.6. The molecule has 0 radical (unpaired) electrons. The smallest absolute Gasteiger partial charge is 0.270 e. The van der Waals surface area contributed by atoms with Gasteiger partial charge in [-0.25, -0.2) is 0 Å². The molecule has 0 bridgehead atoms. The summed E-state index contributed by atoms with van der Waals surface area (Å²) >= 11 is 10.3. The summed E-state index contributed by atoms with van der Waals surface area (Å²) in [6, 6.07) is 18.6. The Morgan fingerprint density at radius 1 is 1.14 bits per heavy atom. The second-order valence-electron chi connectivity index (χ2n) is 8.04. The van der Waals surface area contributed by atoms with Crippen LogP contribution < -0.4 is 19.7 Å². The first-order chi connectivity index (χ1) is 17.3. The maximum atomic E-state index is 13.2. The average molecular weight is 584 g/mol. The Bertz CT molecular complexity index is 1380. The van der Waals surface area contributed by atoms with Crippen LogP contribution in [0, 0.1) is 13.8 Å². The number of nitrogens with one attached hydrogen (secondary N) is 1. The summed E-state index contributed by atoms with van der Waals surface area (Å²) in [5.41, 5.74) is 4.29. The molecule has 3 aromatic rings. The van der Waals surface area contributed by atoms with Gasteiger partial charge in [-0.1, -0.05) is 59.9 Å². The third-order valence-electron chi connectivity index (χ3n) is 5.34. The molecule has 1 saturated heterocycles. The molecule has 0 spiro atoms. The van der Waals surface area contributed by atoms with Crippen LogP contribution in [0.25, 0.3) is 6.08 Å². The number of amides is 2. The second kappa shape index (κ2) is 11.3. The van der Waals surface area contributed by atoms with Gasteiger partial charge in [0.1, 0.15) is 0 Å². The number of rotatable bonds is 7. The summed E-state index contributed by atoms with van der Waals surface area (Å²) in [5, 5.41) is 2.78. The summed E-state index contributed by atoms with van der Waals surface area (Å²) in [6.45, 7) is 3.78. The fourth-order valence-electron chi connectivity index (χ4n) is 3.70. The molecule has 0 saturated carbocycles. The molecule has 2 amide bonds. The lowest BCUT2D eigenvalue weighted by molar-refractivity contribution is -0.118. The molecule has 0 unspecified atom stereocenters. The van der Waals surface area contributed by atoms with Crippen molar-refractivity contribution in [2.24, 2.45) is 0 Å². The van der Waals surface area contributed by atoms with Crippen molar-refractivity contribution in [3.8, 4) is 11.5 Å². The number of thiocarbonyl (C=S) groups is 1. The van der Waals surface area contributed by atoms with Crippen molar-refractivity contribution < 1.29 is 19.1 Å². The van der Waals surface area contributed by atoms with E-state index in [0.717, 1.165) is 22.4 Å². The highest BCUT2D eigenvalue weighted by atomic mass is 79.9. The lowest BCUT2D eigenvalue weighted by atomic mass is 10.1. The molecule has 1 aliphatic heterocycles. The average Bonchev–Trinajstić information content (AvgIpc) is 3.11. The number of hydrogen-bond acceptors (Lipinski definition) is 6. The van der Waals surface area contributed by atoms with Crippen LogP contribution in [-0.2, 0) is 9.59 Å². The highest BCUT2D eigenvalue weighted by molar-refractivity contribution is 9.10. The molecule has 3 aromatic carbocycles. The standard InChI is InChI=1S/C27H23BrN2O4S2/c1-16-9-10-21(17(2)11-16)30-26(32)23(36-27(30)35)14-18-12-20(28)25(22(13-18)33-3)34-15-24(31)29-19-7-5-4-6-8-19/h4-14H,15H2,1-3H3,(H,29,31)/b23-14-. The fraction of sp³-hybridized carbons (Fsp3) is 0.148. The van der Waals surface area contributed by atoms with Gasteiger partial charge >= 0.3 is 0 Å². The SMILES string of the molecule is COc1cc(/C=C2\SC(=S)N(c3ccc(C)cc3C)C2=O)cc(Br)c1OCC(=O)Nc1ccccc1. The lowest BCUT2D eigenvalue weighted by Gasteiger charge is -2.17. The van der Waals surface area contributed by atoms with Gasteiger partial charge in [0, 0.05) is 5.69 Å². The zero-order chi connectivity index (χ0) is 25.8. The summed E-state index contributed by atoms with van der Waals surface area (Å²) < 4.78 is 12.3. The quantitative estimate of drug-likeness (QED) is 0.253. The van der Waals surface area contributed by atoms with E-state index in [4.69, 9.17) is 21.7 Å². The van der Waals surface area contributed by atoms with E-state index in [9.17, 15) is 9.59 Å². The van der Waals surface area contributed by atoms with Crippen LogP contribution in [0.4, 0.5) is 11.4 Å². The van der Waals surface area contributed by atoms with E-state index in [1.54, 1.807) is 35.2 Å². The molecule has 0 aromatic heterocycles. The number of thioether (sulfide) groups is 1. The predicted molar refractivity (Wildman–Crippen MR) is 153 cm³/mol. The first-order valence-electron chi connectivity index (χ1n) is 11.0. The fourth-order valence-corrected chi connectivity index (χ4v) is 5.56. The summed E-state index contributed by atoms with van der Waals surface area (Å²) in [4.78, 5) is 27.6. The number of anilines is 2. The highest BCUT2D eigenvalue weighted by Gasteiger charge is 2.34. The molecular formula is C27H23BrN2O4S2. The van der Waals surface area contributed by atoms with Gasteiger partial charge < -0.3 is 14.8 Å². The van der Waals surface area contributed by atoms with Crippen molar-refractivity contribution in [2.45, 2.75) is 13.8 Å². The van der Waals surface area contributed by atoms with Gasteiger partial charge in [-0.2, -0.15) is 0 Å². The van der Waals surface area contributed by atoms with Crippen LogP contribution in [0.15, 0.2) is 70.0 Å². The van der Waals surface area contributed by atoms with Crippen LogP contribution in [0.5, 0.6) is 11.5 Å². The Kier molecular flexibility index (Phi) is 8.13. The molecule has 9 heteroatoms. The van der Waals surface area contributed by atoms with Crippen LogP contribution in [0.2, 0.25) is 0 Å². The topological polar surface area (TPSA) is 67.9 Å². The molecule has 0 atom stereocenters. The molecule has 36 heavy (non-hydrogen) atoms. The predicted octanol–water partition coefficient (Wildman–Crippen LogP) is 6.50. The Hall–Kier alpha value is -3.14. The number of halogens is 1. The molecule has 1 fully saturated rings. The monoisotopic (exact) mass is 582 g/mol. The van der Waals surface area contributed by atoms with Crippen molar-refractivity contribution in [3.05, 3.63) is 86.7 Å². The van der Waals surface area contributed by atoms with Gasteiger partial charge in [0.25, 0.3) is 11.8 Å². The first-order valence-corrected chi connectivity index (χ1v) is 13.0. The summed E-state index contributed by atoms with van der Waals surface area (Å²) in [7, 11) is 1.52. The molecule has 184 valence electrons. The third-order valence-corrected chi connectivity index (χ3v) is 7.23. The van der Waals surface area contributed by atoms with Crippen molar-refractivity contribution in [1.29, 1.82) is 0 Å². The van der Waals surface area contributed by atoms with Gasteiger partial charge in [0.2, 0.25) is 0 Å². The zero-order valence-electron chi connectivity index (χ0n) is 19.8. The van der Waals surface area contributed by atoms with Gasteiger partial charge in [-0.15, -0.1) is 0 Å². The molecule has 1 N–H and O–H groups in total. The van der Waals surface area contributed by atoms with Gasteiger partial charge in [0.05, 0.1) is 22.2 Å². The van der Waals surface area contributed by atoms with E-state index in [1.165, 1.54) is 18.9 Å². The Balaban J connectivity index is 1.52. The summed E-state index contributed by atoms with van der Waals surface area (Å²) in [6.07, 6.45) is 1.77. The zero-order valence-corrected chi connectivity index (χ0v) is 23.1. The lowest BCUT2D eigenvalue weighted by Crippen LogP contribution is -2.28. The number of para-hydroxylation sites is 1. The minimum Gasteiger partial charge on any atom is -0.493 e. The van der Waals surface area contributed by atoms with E-state index in [-0.39, 0.29) is 18.4 Å². The maximum absolute atomic E-state index is 13.2. The normalized spacial score (nSPS) is 14.3. The number of benzene rings is 3. The molecule has 1 heterocycles. The van der Waals surface area contributed by atoms with Crippen LogP contribution in [0.1, 0.15) is 16.7 Å². The molecule has 0 aliphatic carbocycles. The number of nitrogens with zero attached hydrogens (tertiary/aromatic N) is 1. The number of aryl methyl sites for hydroxylation is 2. The molecule has 4 rings (SSSR count). The van der Waals surface area contributed by atoms with E-state index >= 15 is 0 Å². The van der Waals surface area contributed by atoms with Crippen molar-refractivity contribution in [2.75, 3.05) is 23.9 Å². The number of ether oxygens (including phenoxy) is 2. The van der Waals surface area contributed by atoms with E-state index in [0.29, 0.717) is 30.9 Å². The number of methoxy groups -OCH3 is 1.